The molecular formula is C12H15FO. The first-order valence-corrected chi connectivity index (χ1v) is 4.62. The molecule has 14 heavy (non-hydrogen) atoms. The van der Waals surface area contributed by atoms with Crippen molar-refractivity contribution >= 4 is 0 Å². The van der Waals surface area contributed by atoms with Crippen molar-refractivity contribution in [2.75, 3.05) is 6.61 Å². The lowest BCUT2D eigenvalue weighted by Crippen LogP contribution is -1.96. The molecule has 0 unspecified atom stereocenters. The van der Waals surface area contributed by atoms with Crippen molar-refractivity contribution in [2.45, 2.75) is 20.8 Å². The van der Waals surface area contributed by atoms with E-state index in [1.807, 2.05) is 26.8 Å². The number of ether oxygens (including phenoxy) is 1. The summed E-state index contributed by atoms with van der Waals surface area (Å²) in [6.07, 6.45) is 1.99. The van der Waals surface area contributed by atoms with Crippen LogP contribution in [0.15, 0.2) is 29.8 Å². The SMILES string of the molecule is CC(C)=CCOc1ccc(F)cc1C. The van der Waals surface area contributed by atoms with Gasteiger partial charge in [0.1, 0.15) is 18.2 Å². The van der Waals surface area contributed by atoms with Gasteiger partial charge in [-0.25, -0.2) is 4.39 Å². The lowest BCUT2D eigenvalue weighted by atomic mass is 10.2. The second kappa shape index (κ2) is 4.80. The van der Waals surface area contributed by atoms with Crippen LogP contribution in [0.1, 0.15) is 19.4 Å². The van der Waals surface area contributed by atoms with Crippen LogP contribution in [0.25, 0.3) is 0 Å². The first-order valence-electron chi connectivity index (χ1n) is 4.62. The van der Waals surface area contributed by atoms with Crippen molar-refractivity contribution < 1.29 is 9.13 Å². The predicted octanol–water partition coefficient (Wildman–Crippen LogP) is 3.48. The van der Waals surface area contributed by atoms with E-state index in [9.17, 15) is 4.39 Å². The van der Waals surface area contributed by atoms with Crippen molar-refractivity contribution in [3.05, 3.63) is 41.2 Å². The lowest BCUT2D eigenvalue weighted by molar-refractivity contribution is 0.358. The molecule has 0 saturated carbocycles. The lowest BCUT2D eigenvalue weighted by Gasteiger charge is -2.06. The minimum absolute atomic E-state index is 0.225. The molecule has 0 aliphatic heterocycles. The molecule has 1 rings (SSSR count). The third kappa shape index (κ3) is 3.21. The molecule has 0 saturated heterocycles. The highest BCUT2D eigenvalue weighted by Crippen LogP contribution is 2.18. The molecular weight excluding hydrogens is 179 g/mol. The van der Waals surface area contributed by atoms with E-state index in [2.05, 4.69) is 0 Å². The molecule has 0 atom stereocenters. The molecule has 1 aromatic rings. The van der Waals surface area contributed by atoms with E-state index in [0.29, 0.717) is 6.61 Å². The topological polar surface area (TPSA) is 9.23 Å². The summed E-state index contributed by atoms with van der Waals surface area (Å²) in [6.45, 7) is 6.40. The second-order valence-electron chi connectivity index (χ2n) is 3.50. The van der Waals surface area contributed by atoms with E-state index >= 15 is 0 Å². The van der Waals surface area contributed by atoms with Crippen LogP contribution in [0, 0.1) is 12.7 Å². The molecule has 2 heteroatoms. The number of benzene rings is 1. The van der Waals surface area contributed by atoms with Gasteiger partial charge in [-0.3, -0.25) is 0 Å². The van der Waals surface area contributed by atoms with Crippen LogP contribution in [-0.2, 0) is 0 Å². The molecule has 0 N–H and O–H groups in total. The number of rotatable bonds is 3. The van der Waals surface area contributed by atoms with Crippen LogP contribution in [0.3, 0.4) is 0 Å². The molecule has 0 aliphatic carbocycles. The van der Waals surface area contributed by atoms with E-state index in [1.165, 1.54) is 17.7 Å². The van der Waals surface area contributed by atoms with Crippen molar-refractivity contribution in [1.29, 1.82) is 0 Å². The Hall–Kier alpha value is -1.31. The van der Waals surface area contributed by atoms with Gasteiger partial charge in [0.15, 0.2) is 0 Å². The minimum atomic E-state index is -0.225. The fourth-order valence-electron chi connectivity index (χ4n) is 1.07. The van der Waals surface area contributed by atoms with Crippen LogP contribution in [0.4, 0.5) is 4.39 Å². The Balaban J connectivity index is 2.64. The van der Waals surface area contributed by atoms with E-state index < -0.39 is 0 Å². The average Bonchev–Trinajstić information content (AvgIpc) is 2.08. The van der Waals surface area contributed by atoms with Crippen molar-refractivity contribution in [2.24, 2.45) is 0 Å². The first-order chi connectivity index (χ1) is 6.59. The fourth-order valence-corrected chi connectivity index (χ4v) is 1.07. The Morgan fingerprint density at radius 3 is 2.71 bits per heavy atom. The maximum atomic E-state index is 12.7. The van der Waals surface area contributed by atoms with Crippen molar-refractivity contribution in [1.82, 2.24) is 0 Å². The van der Waals surface area contributed by atoms with E-state index in [4.69, 9.17) is 4.74 Å². The zero-order valence-corrected chi connectivity index (χ0v) is 8.80. The van der Waals surface area contributed by atoms with Gasteiger partial charge in [-0.05, 0) is 50.6 Å². The Morgan fingerprint density at radius 1 is 1.43 bits per heavy atom. The molecule has 0 spiro atoms. The van der Waals surface area contributed by atoms with E-state index in [1.54, 1.807) is 6.07 Å². The average molecular weight is 194 g/mol. The zero-order chi connectivity index (χ0) is 10.6. The molecule has 0 amide bonds. The summed E-state index contributed by atoms with van der Waals surface area (Å²) >= 11 is 0. The Bertz CT molecular complexity index is 338. The van der Waals surface area contributed by atoms with Gasteiger partial charge in [0.05, 0.1) is 0 Å². The van der Waals surface area contributed by atoms with Crippen LogP contribution in [0.2, 0.25) is 0 Å². The predicted molar refractivity (Wildman–Crippen MR) is 56.1 cm³/mol. The highest BCUT2D eigenvalue weighted by molar-refractivity contribution is 5.32. The van der Waals surface area contributed by atoms with Gasteiger partial charge >= 0.3 is 0 Å². The maximum Gasteiger partial charge on any atom is 0.123 e. The maximum absolute atomic E-state index is 12.7. The zero-order valence-electron chi connectivity index (χ0n) is 8.80. The molecule has 0 aliphatic rings. The van der Waals surface area contributed by atoms with E-state index in [-0.39, 0.29) is 5.82 Å². The molecule has 0 heterocycles. The third-order valence-corrected chi connectivity index (χ3v) is 1.87. The van der Waals surface area contributed by atoms with Gasteiger partial charge < -0.3 is 4.74 Å². The third-order valence-electron chi connectivity index (χ3n) is 1.87. The van der Waals surface area contributed by atoms with Crippen molar-refractivity contribution in [3.63, 3.8) is 0 Å². The first kappa shape index (κ1) is 10.8. The molecule has 1 aromatic carbocycles. The number of aryl methyl sites for hydroxylation is 1. The molecule has 0 aromatic heterocycles. The van der Waals surface area contributed by atoms with Gasteiger partial charge in [0, 0.05) is 0 Å². The Morgan fingerprint density at radius 2 is 2.14 bits per heavy atom. The van der Waals surface area contributed by atoms with Gasteiger partial charge in [-0.15, -0.1) is 0 Å². The van der Waals surface area contributed by atoms with Gasteiger partial charge in [-0.1, -0.05) is 5.57 Å². The standard InChI is InChI=1S/C12H15FO/c1-9(2)6-7-14-12-5-4-11(13)8-10(12)3/h4-6,8H,7H2,1-3H3. The number of halogens is 1. The summed E-state index contributed by atoms with van der Waals surface area (Å²) in [7, 11) is 0. The van der Waals surface area contributed by atoms with Crippen LogP contribution < -0.4 is 4.74 Å². The Kier molecular flexibility index (Phi) is 3.69. The summed E-state index contributed by atoms with van der Waals surface area (Å²) < 4.78 is 18.2. The van der Waals surface area contributed by atoms with Crippen LogP contribution >= 0.6 is 0 Å². The molecule has 0 bridgehead atoms. The number of hydrogen-bond acceptors (Lipinski definition) is 1. The quantitative estimate of drug-likeness (QED) is 0.669. The summed E-state index contributed by atoms with van der Waals surface area (Å²) in [5.41, 5.74) is 2.04. The van der Waals surface area contributed by atoms with Crippen molar-refractivity contribution in [3.8, 4) is 5.75 Å². The van der Waals surface area contributed by atoms with Crippen LogP contribution in [0.5, 0.6) is 5.75 Å². The summed E-state index contributed by atoms with van der Waals surface area (Å²) in [5.74, 6) is 0.515. The molecule has 1 nitrogen and oxygen atoms in total. The highest BCUT2D eigenvalue weighted by atomic mass is 19.1. The summed E-state index contributed by atoms with van der Waals surface area (Å²) in [6, 6.07) is 4.53. The normalized spacial score (nSPS) is 9.71. The Labute approximate surface area is 84.2 Å². The van der Waals surface area contributed by atoms with Crippen LogP contribution in [-0.4, -0.2) is 6.61 Å². The second-order valence-corrected chi connectivity index (χ2v) is 3.50. The smallest absolute Gasteiger partial charge is 0.123 e. The largest absolute Gasteiger partial charge is 0.489 e. The summed E-state index contributed by atoms with van der Waals surface area (Å²) in [5, 5.41) is 0. The monoisotopic (exact) mass is 194 g/mol. The fraction of sp³-hybridized carbons (Fsp3) is 0.333. The molecule has 76 valence electrons. The molecule has 0 fully saturated rings. The highest BCUT2D eigenvalue weighted by Gasteiger charge is 1.99. The summed E-state index contributed by atoms with van der Waals surface area (Å²) in [4.78, 5) is 0. The van der Waals surface area contributed by atoms with Gasteiger partial charge in [0.2, 0.25) is 0 Å². The molecule has 0 radical (unpaired) electrons. The number of hydrogen-bond donors (Lipinski definition) is 0. The van der Waals surface area contributed by atoms with Gasteiger partial charge in [0.25, 0.3) is 0 Å². The number of allylic oxidation sites excluding steroid dienone is 1. The van der Waals surface area contributed by atoms with E-state index in [0.717, 1.165) is 11.3 Å². The van der Waals surface area contributed by atoms with Gasteiger partial charge in [-0.2, -0.15) is 0 Å². The minimum Gasteiger partial charge on any atom is -0.489 e.